The molecule has 0 saturated carbocycles. The van der Waals surface area contributed by atoms with Crippen LogP contribution in [0.3, 0.4) is 0 Å². The number of quaternary nitrogens is 1. The molecule has 1 atom stereocenters. The number of carbonyl (C=O) groups excluding carboxylic acids is 2. The first kappa shape index (κ1) is 15.0. The minimum Gasteiger partial charge on any atom is -0.494 e. The van der Waals surface area contributed by atoms with Crippen molar-refractivity contribution in [3.63, 3.8) is 0 Å². The van der Waals surface area contributed by atoms with Gasteiger partial charge in [-0.05, 0) is 30.7 Å². The molecule has 5 nitrogen and oxygen atoms in total. The van der Waals surface area contributed by atoms with Crippen molar-refractivity contribution in [1.82, 2.24) is 0 Å². The van der Waals surface area contributed by atoms with Crippen LogP contribution in [-0.4, -0.2) is 37.6 Å². The van der Waals surface area contributed by atoms with E-state index < -0.39 is 0 Å². The summed E-state index contributed by atoms with van der Waals surface area (Å²) in [5.74, 6) is 0.632. The number of amides is 2. The Morgan fingerprint density at radius 2 is 1.86 bits per heavy atom. The van der Waals surface area contributed by atoms with E-state index in [1.54, 1.807) is 12.1 Å². The molecule has 0 aliphatic carbocycles. The molecular weight excluding hydrogens is 280 g/mol. The Kier molecular flexibility index (Phi) is 4.43. The second kappa shape index (κ2) is 6.48. The number of rotatable bonds is 5. The lowest BCUT2D eigenvalue weighted by atomic mass is 10.2. The summed E-state index contributed by atoms with van der Waals surface area (Å²) >= 11 is 0. The van der Waals surface area contributed by atoms with Gasteiger partial charge in [-0.3, -0.25) is 9.59 Å². The zero-order valence-electron chi connectivity index (χ0n) is 13.0. The molecule has 2 heterocycles. The maximum atomic E-state index is 12.6. The molecule has 0 bridgehead atoms. The van der Waals surface area contributed by atoms with Crippen LogP contribution in [0.15, 0.2) is 24.3 Å². The molecule has 22 heavy (non-hydrogen) atoms. The molecule has 0 unspecified atom stereocenters. The first-order valence-electron chi connectivity index (χ1n) is 8.15. The highest BCUT2D eigenvalue weighted by Crippen LogP contribution is 2.24. The summed E-state index contributed by atoms with van der Waals surface area (Å²) in [5.41, 5.74) is 0.653. The number of benzene rings is 1. The van der Waals surface area contributed by atoms with Gasteiger partial charge in [0, 0.05) is 12.8 Å². The van der Waals surface area contributed by atoms with Crippen LogP contribution in [-0.2, 0) is 9.59 Å². The number of hydrogen-bond donors (Lipinski definition) is 1. The Labute approximate surface area is 130 Å². The van der Waals surface area contributed by atoms with Crippen LogP contribution in [0, 0.1) is 0 Å². The zero-order chi connectivity index (χ0) is 15.5. The van der Waals surface area contributed by atoms with E-state index >= 15 is 0 Å². The summed E-state index contributed by atoms with van der Waals surface area (Å²) in [7, 11) is 0. The fourth-order valence-electron chi connectivity index (χ4n) is 3.31. The number of hydrogen-bond acceptors (Lipinski definition) is 3. The molecule has 118 valence electrons. The van der Waals surface area contributed by atoms with Gasteiger partial charge in [0.1, 0.15) is 5.75 Å². The van der Waals surface area contributed by atoms with E-state index in [9.17, 15) is 9.59 Å². The summed E-state index contributed by atoms with van der Waals surface area (Å²) in [6.45, 7) is 4.72. The Bertz CT molecular complexity index is 550. The predicted octanol–water partition coefficient (Wildman–Crippen LogP) is 0.786. The van der Waals surface area contributed by atoms with Crippen LogP contribution in [0.25, 0.3) is 0 Å². The largest absolute Gasteiger partial charge is 0.494 e. The van der Waals surface area contributed by atoms with Crippen molar-refractivity contribution < 1.29 is 19.2 Å². The monoisotopic (exact) mass is 303 g/mol. The minimum absolute atomic E-state index is 0.0517. The number of imide groups is 1. The lowest BCUT2D eigenvalue weighted by Crippen LogP contribution is -3.14. The van der Waals surface area contributed by atoms with Crippen LogP contribution in [0.5, 0.6) is 5.75 Å². The van der Waals surface area contributed by atoms with E-state index in [1.165, 1.54) is 9.80 Å². The fourth-order valence-corrected chi connectivity index (χ4v) is 3.31. The molecular formula is C17H23N2O3+. The maximum Gasteiger partial charge on any atom is 0.292 e. The third kappa shape index (κ3) is 2.86. The highest BCUT2D eigenvalue weighted by molar-refractivity contribution is 6.21. The van der Waals surface area contributed by atoms with Crippen molar-refractivity contribution >= 4 is 17.5 Å². The molecule has 0 radical (unpaired) electrons. The SMILES string of the molecule is CCCOc1ccc(N2C(=O)C[C@H]([NH+]3CCCC3)C2=O)cc1. The molecule has 1 aromatic rings. The Morgan fingerprint density at radius 1 is 1.18 bits per heavy atom. The molecule has 5 heteroatoms. The molecule has 0 spiro atoms. The van der Waals surface area contributed by atoms with Crippen LogP contribution < -0.4 is 14.5 Å². The first-order valence-corrected chi connectivity index (χ1v) is 8.15. The zero-order valence-corrected chi connectivity index (χ0v) is 13.0. The molecule has 2 saturated heterocycles. The Balaban J connectivity index is 1.73. The molecule has 2 aliphatic rings. The Hall–Kier alpha value is -1.88. The predicted molar refractivity (Wildman–Crippen MR) is 83.1 cm³/mol. The smallest absolute Gasteiger partial charge is 0.292 e. The van der Waals surface area contributed by atoms with E-state index in [4.69, 9.17) is 4.74 Å². The van der Waals surface area contributed by atoms with E-state index in [0.717, 1.165) is 38.1 Å². The van der Waals surface area contributed by atoms with E-state index in [0.29, 0.717) is 18.7 Å². The van der Waals surface area contributed by atoms with Gasteiger partial charge in [0.05, 0.1) is 31.8 Å². The normalized spacial score (nSPS) is 22.6. The average molecular weight is 303 g/mol. The van der Waals surface area contributed by atoms with Gasteiger partial charge >= 0.3 is 0 Å². The minimum atomic E-state index is -0.189. The number of likely N-dealkylation sites (tertiary alicyclic amines) is 1. The van der Waals surface area contributed by atoms with Gasteiger partial charge < -0.3 is 9.64 Å². The van der Waals surface area contributed by atoms with Crippen molar-refractivity contribution in [3.8, 4) is 5.75 Å². The quantitative estimate of drug-likeness (QED) is 0.818. The standard InChI is InChI=1S/C17H22N2O3/c1-2-11-22-14-7-5-13(6-8-14)19-16(20)12-15(17(19)21)18-9-3-4-10-18/h5-8,15H,2-4,9-12H2,1H3/p+1/t15-/m0/s1. The molecule has 0 aromatic heterocycles. The molecule has 1 aromatic carbocycles. The third-order valence-corrected chi connectivity index (χ3v) is 4.45. The summed E-state index contributed by atoms with van der Waals surface area (Å²) in [4.78, 5) is 27.5. The molecule has 2 amide bonds. The summed E-state index contributed by atoms with van der Waals surface area (Å²) in [5, 5.41) is 0. The van der Waals surface area contributed by atoms with Gasteiger partial charge in [0.2, 0.25) is 5.91 Å². The van der Waals surface area contributed by atoms with Gasteiger partial charge in [-0.2, -0.15) is 0 Å². The molecule has 1 N–H and O–H groups in total. The number of carbonyl (C=O) groups is 2. The van der Waals surface area contributed by atoms with Gasteiger partial charge in [-0.25, -0.2) is 4.90 Å². The van der Waals surface area contributed by atoms with E-state index in [-0.39, 0.29) is 17.9 Å². The molecule has 3 rings (SSSR count). The van der Waals surface area contributed by atoms with Crippen molar-refractivity contribution in [2.75, 3.05) is 24.6 Å². The first-order chi connectivity index (χ1) is 10.7. The van der Waals surface area contributed by atoms with Crippen molar-refractivity contribution in [3.05, 3.63) is 24.3 Å². The van der Waals surface area contributed by atoms with Gasteiger partial charge in [-0.15, -0.1) is 0 Å². The average Bonchev–Trinajstić information content (AvgIpc) is 3.14. The molecule has 2 aliphatic heterocycles. The highest BCUT2D eigenvalue weighted by atomic mass is 16.5. The summed E-state index contributed by atoms with van der Waals surface area (Å²) < 4.78 is 5.54. The maximum absolute atomic E-state index is 12.6. The van der Waals surface area contributed by atoms with Crippen molar-refractivity contribution in [2.24, 2.45) is 0 Å². The number of nitrogens with one attached hydrogen (secondary N) is 1. The highest BCUT2D eigenvalue weighted by Gasteiger charge is 2.46. The number of nitrogens with zero attached hydrogens (tertiary/aromatic N) is 1. The topological polar surface area (TPSA) is 51.0 Å². The second-order valence-corrected chi connectivity index (χ2v) is 6.03. The van der Waals surface area contributed by atoms with E-state index in [2.05, 4.69) is 6.92 Å². The van der Waals surface area contributed by atoms with Gasteiger partial charge in [0.15, 0.2) is 6.04 Å². The van der Waals surface area contributed by atoms with Crippen LogP contribution in [0.4, 0.5) is 5.69 Å². The number of ether oxygens (including phenoxy) is 1. The van der Waals surface area contributed by atoms with Crippen molar-refractivity contribution in [2.45, 2.75) is 38.6 Å². The van der Waals surface area contributed by atoms with E-state index in [1.807, 2.05) is 12.1 Å². The third-order valence-electron chi connectivity index (χ3n) is 4.45. The van der Waals surface area contributed by atoms with Gasteiger partial charge in [-0.1, -0.05) is 6.92 Å². The van der Waals surface area contributed by atoms with Gasteiger partial charge in [0.25, 0.3) is 5.91 Å². The Morgan fingerprint density at radius 3 is 2.50 bits per heavy atom. The second-order valence-electron chi connectivity index (χ2n) is 6.03. The summed E-state index contributed by atoms with van der Waals surface area (Å²) in [6.07, 6.45) is 3.58. The fraction of sp³-hybridized carbons (Fsp3) is 0.529. The van der Waals surface area contributed by atoms with Crippen LogP contribution in [0.2, 0.25) is 0 Å². The summed E-state index contributed by atoms with van der Waals surface area (Å²) in [6, 6.07) is 7.04. The lowest BCUT2D eigenvalue weighted by molar-refractivity contribution is -0.902. The lowest BCUT2D eigenvalue weighted by Gasteiger charge is -2.19. The van der Waals surface area contributed by atoms with Crippen LogP contribution in [0.1, 0.15) is 32.6 Å². The molecule has 2 fully saturated rings. The van der Waals surface area contributed by atoms with Crippen LogP contribution >= 0.6 is 0 Å². The van der Waals surface area contributed by atoms with Crippen molar-refractivity contribution in [1.29, 1.82) is 0 Å². The number of anilines is 1.